The molecule has 0 bridgehead atoms. The van der Waals surface area contributed by atoms with Crippen molar-refractivity contribution in [1.29, 1.82) is 5.26 Å². The number of hydrogen-bond acceptors (Lipinski definition) is 3. The van der Waals surface area contributed by atoms with Gasteiger partial charge in [-0.2, -0.15) is 10.4 Å². The molecule has 1 unspecified atom stereocenters. The van der Waals surface area contributed by atoms with Gasteiger partial charge in [-0.1, -0.05) is 0 Å². The minimum atomic E-state index is 0.442. The molecule has 4 nitrogen and oxygen atoms in total. The highest BCUT2D eigenvalue weighted by molar-refractivity contribution is 5.37. The summed E-state index contributed by atoms with van der Waals surface area (Å²) in [4.78, 5) is 2.23. The van der Waals surface area contributed by atoms with E-state index in [1.54, 1.807) is 0 Å². The summed E-state index contributed by atoms with van der Waals surface area (Å²) in [5, 5.41) is 14.1. The fourth-order valence-corrected chi connectivity index (χ4v) is 3.59. The van der Waals surface area contributed by atoms with Crippen molar-refractivity contribution in [2.75, 3.05) is 20.6 Å². The van der Waals surface area contributed by atoms with Crippen molar-refractivity contribution in [3.8, 4) is 6.07 Å². The molecule has 1 heterocycles. The lowest BCUT2D eigenvalue weighted by Gasteiger charge is -2.22. The zero-order valence-corrected chi connectivity index (χ0v) is 13.3. The Kier molecular flexibility index (Phi) is 4.30. The topological polar surface area (TPSA) is 44.9 Å². The molecule has 21 heavy (non-hydrogen) atoms. The first-order valence-corrected chi connectivity index (χ1v) is 8.32. The first kappa shape index (κ1) is 14.6. The van der Waals surface area contributed by atoms with Gasteiger partial charge in [-0.05, 0) is 59.2 Å². The molecule has 0 aromatic carbocycles. The molecule has 114 valence electrons. The summed E-state index contributed by atoms with van der Waals surface area (Å²) >= 11 is 0. The van der Waals surface area contributed by atoms with E-state index in [0.717, 1.165) is 25.9 Å². The first-order chi connectivity index (χ1) is 10.2. The molecular formula is C17H26N4. The summed E-state index contributed by atoms with van der Waals surface area (Å²) in [6, 6.07) is 2.39. The summed E-state index contributed by atoms with van der Waals surface area (Å²) in [7, 11) is 4.24. The van der Waals surface area contributed by atoms with Crippen molar-refractivity contribution >= 4 is 0 Å². The maximum absolute atomic E-state index is 9.12. The third-order valence-corrected chi connectivity index (χ3v) is 4.78. The molecular weight excluding hydrogens is 260 g/mol. The van der Waals surface area contributed by atoms with Crippen LogP contribution in [-0.2, 0) is 13.0 Å². The number of fused-ring (bicyclic) bond motifs is 1. The average Bonchev–Trinajstić information content (AvgIpc) is 3.22. The van der Waals surface area contributed by atoms with Gasteiger partial charge >= 0.3 is 0 Å². The molecule has 3 rings (SSSR count). The maximum Gasteiger partial charge on any atom is 0.0693 e. The van der Waals surface area contributed by atoms with Gasteiger partial charge in [0, 0.05) is 36.1 Å². The normalized spacial score (nSPS) is 21.3. The number of aryl methyl sites for hydroxylation is 1. The molecule has 0 spiro atoms. The van der Waals surface area contributed by atoms with E-state index in [1.807, 2.05) is 0 Å². The second kappa shape index (κ2) is 6.19. The first-order valence-electron chi connectivity index (χ1n) is 8.32. The molecule has 1 saturated carbocycles. The van der Waals surface area contributed by atoms with Gasteiger partial charge in [0.25, 0.3) is 0 Å². The lowest BCUT2D eigenvalue weighted by molar-refractivity contribution is 0.376. The van der Waals surface area contributed by atoms with Crippen LogP contribution in [0.3, 0.4) is 0 Å². The van der Waals surface area contributed by atoms with Crippen molar-refractivity contribution in [3.05, 3.63) is 17.0 Å². The van der Waals surface area contributed by atoms with Crippen LogP contribution in [0.25, 0.3) is 0 Å². The van der Waals surface area contributed by atoms with E-state index in [9.17, 15) is 0 Å². The molecule has 2 aliphatic carbocycles. The van der Waals surface area contributed by atoms with Crippen LogP contribution in [0.2, 0.25) is 0 Å². The lowest BCUT2D eigenvalue weighted by atomic mass is 9.82. The van der Waals surface area contributed by atoms with Gasteiger partial charge in [0.1, 0.15) is 0 Å². The molecule has 4 heteroatoms. The van der Waals surface area contributed by atoms with Crippen LogP contribution in [0.15, 0.2) is 0 Å². The van der Waals surface area contributed by atoms with Crippen LogP contribution in [0.5, 0.6) is 0 Å². The van der Waals surface area contributed by atoms with Crippen LogP contribution in [0, 0.1) is 11.3 Å². The highest BCUT2D eigenvalue weighted by Crippen LogP contribution is 2.46. The Hall–Kier alpha value is -1.34. The number of hydrogen-bond donors (Lipinski definition) is 0. The maximum atomic E-state index is 9.12. The second-order valence-electron chi connectivity index (χ2n) is 6.85. The molecule has 1 fully saturated rings. The number of nitrogens with zero attached hydrogens (tertiary/aromatic N) is 4. The predicted octanol–water partition coefficient (Wildman–Crippen LogP) is 3.05. The summed E-state index contributed by atoms with van der Waals surface area (Å²) < 4.78 is 2.27. The zero-order chi connectivity index (χ0) is 14.8. The van der Waals surface area contributed by atoms with Crippen LogP contribution in [-0.4, -0.2) is 35.3 Å². The zero-order valence-electron chi connectivity index (χ0n) is 13.3. The number of aromatic nitrogens is 2. The van der Waals surface area contributed by atoms with Gasteiger partial charge in [0.05, 0.1) is 11.8 Å². The molecule has 1 aromatic heterocycles. The van der Waals surface area contributed by atoms with Crippen molar-refractivity contribution in [2.45, 2.75) is 63.3 Å². The largest absolute Gasteiger partial charge is 0.309 e. The minimum absolute atomic E-state index is 0.442. The molecule has 1 aromatic rings. The Morgan fingerprint density at radius 3 is 2.81 bits per heavy atom. The van der Waals surface area contributed by atoms with Crippen LogP contribution in [0.4, 0.5) is 0 Å². The van der Waals surface area contributed by atoms with E-state index in [4.69, 9.17) is 10.4 Å². The Morgan fingerprint density at radius 1 is 1.33 bits per heavy atom. The van der Waals surface area contributed by atoms with E-state index >= 15 is 0 Å². The van der Waals surface area contributed by atoms with E-state index in [0.29, 0.717) is 18.3 Å². The van der Waals surface area contributed by atoms with Gasteiger partial charge < -0.3 is 4.90 Å². The number of nitriles is 1. The smallest absolute Gasteiger partial charge is 0.0693 e. The van der Waals surface area contributed by atoms with E-state index in [-0.39, 0.29) is 0 Å². The van der Waals surface area contributed by atoms with Crippen molar-refractivity contribution < 1.29 is 0 Å². The van der Waals surface area contributed by atoms with Crippen molar-refractivity contribution in [3.63, 3.8) is 0 Å². The minimum Gasteiger partial charge on any atom is -0.309 e. The monoisotopic (exact) mass is 286 g/mol. The Balaban J connectivity index is 1.84. The van der Waals surface area contributed by atoms with Gasteiger partial charge in [-0.3, -0.25) is 4.68 Å². The molecule has 0 amide bonds. The number of rotatable bonds is 6. The second-order valence-corrected chi connectivity index (χ2v) is 6.85. The summed E-state index contributed by atoms with van der Waals surface area (Å²) in [5.41, 5.74) is 4.26. The van der Waals surface area contributed by atoms with Crippen molar-refractivity contribution in [1.82, 2.24) is 14.7 Å². The standard InChI is InChI=1S/C17H26N4/c1-20(2)11-4-12-21-15-6-3-5-13(9-10-18)16(15)17(19-21)14-7-8-14/h13-14H,3-9,11-12H2,1-2H3. The van der Waals surface area contributed by atoms with Gasteiger partial charge in [0.2, 0.25) is 0 Å². The lowest BCUT2D eigenvalue weighted by Crippen LogP contribution is -2.17. The fourth-order valence-electron chi connectivity index (χ4n) is 3.59. The Morgan fingerprint density at radius 2 is 2.14 bits per heavy atom. The highest BCUT2D eigenvalue weighted by Gasteiger charge is 2.35. The summed E-state index contributed by atoms with van der Waals surface area (Å²) in [6.45, 7) is 2.13. The molecule has 0 saturated heterocycles. The van der Waals surface area contributed by atoms with E-state index in [2.05, 4.69) is 29.7 Å². The van der Waals surface area contributed by atoms with Crippen LogP contribution >= 0.6 is 0 Å². The Labute approximate surface area is 127 Å². The van der Waals surface area contributed by atoms with Gasteiger partial charge in [0.15, 0.2) is 0 Å². The average molecular weight is 286 g/mol. The van der Waals surface area contributed by atoms with Crippen molar-refractivity contribution in [2.24, 2.45) is 0 Å². The van der Waals surface area contributed by atoms with Crippen LogP contribution < -0.4 is 0 Å². The third kappa shape index (κ3) is 3.13. The van der Waals surface area contributed by atoms with E-state index < -0.39 is 0 Å². The predicted molar refractivity (Wildman–Crippen MR) is 83.3 cm³/mol. The van der Waals surface area contributed by atoms with Gasteiger partial charge in [-0.25, -0.2) is 0 Å². The van der Waals surface area contributed by atoms with Gasteiger partial charge in [-0.15, -0.1) is 0 Å². The van der Waals surface area contributed by atoms with Crippen LogP contribution in [0.1, 0.15) is 67.3 Å². The molecule has 0 radical (unpaired) electrons. The molecule has 0 aliphatic heterocycles. The SMILES string of the molecule is CN(C)CCCn1nc(C2CC2)c2c1CCCC2CC#N. The molecule has 1 atom stereocenters. The fraction of sp³-hybridized carbons (Fsp3) is 0.765. The Bertz CT molecular complexity index is 534. The summed E-state index contributed by atoms with van der Waals surface area (Å²) in [5.74, 6) is 1.13. The molecule has 0 N–H and O–H groups in total. The van der Waals surface area contributed by atoms with E-state index in [1.165, 1.54) is 42.6 Å². The summed E-state index contributed by atoms with van der Waals surface area (Å²) in [6.07, 6.45) is 7.93. The third-order valence-electron chi connectivity index (χ3n) is 4.78. The molecule has 2 aliphatic rings. The highest BCUT2D eigenvalue weighted by atomic mass is 15.3. The quantitative estimate of drug-likeness (QED) is 0.807.